The van der Waals surface area contributed by atoms with Crippen molar-refractivity contribution in [3.05, 3.63) is 47.5 Å². The number of carbonyl (C=O) groups is 1. The number of phenolic OH excluding ortho intramolecular Hbond substituents is 1. The molecule has 1 aliphatic rings. The number of hydrogen-bond donors (Lipinski definition) is 3. The molecule has 0 unspecified atom stereocenters. The molecule has 0 atom stereocenters. The fourth-order valence-electron chi connectivity index (χ4n) is 2.42. The van der Waals surface area contributed by atoms with Crippen molar-refractivity contribution in [1.29, 1.82) is 0 Å². The van der Waals surface area contributed by atoms with Gasteiger partial charge in [0.25, 0.3) is 5.91 Å². The minimum atomic E-state index is -0.374. The van der Waals surface area contributed by atoms with Crippen LogP contribution in [0.4, 0.5) is 5.69 Å². The van der Waals surface area contributed by atoms with Gasteiger partial charge in [0.2, 0.25) is 0 Å². The molecule has 1 amide bonds. The molecular weight excluding hydrogens is 340 g/mol. The van der Waals surface area contributed by atoms with E-state index in [9.17, 15) is 9.90 Å². The topological polar surface area (TPSA) is 79.8 Å². The summed E-state index contributed by atoms with van der Waals surface area (Å²) in [6.07, 6.45) is 0.825. The van der Waals surface area contributed by atoms with Gasteiger partial charge in [-0.05, 0) is 54.5 Å². The van der Waals surface area contributed by atoms with Crippen molar-refractivity contribution < 1.29 is 19.4 Å². The Hall–Kier alpha value is -2.80. The number of hydrogen-bond acceptors (Lipinski definition) is 5. The summed E-state index contributed by atoms with van der Waals surface area (Å²) in [5, 5.41) is 15.4. The van der Waals surface area contributed by atoms with Crippen LogP contribution in [-0.2, 0) is 6.42 Å². The van der Waals surface area contributed by atoms with Crippen molar-refractivity contribution in [3.63, 3.8) is 0 Å². The molecule has 0 aliphatic carbocycles. The average Bonchev–Trinajstić information content (AvgIpc) is 2.63. The molecule has 6 nitrogen and oxygen atoms in total. The molecule has 2 aromatic rings. The number of anilines is 1. The number of fused-ring (bicyclic) bond motifs is 1. The molecule has 2 aromatic carbocycles. The maximum Gasteiger partial charge on any atom is 0.257 e. The van der Waals surface area contributed by atoms with Crippen LogP contribution in [0, 0.1) is 0 Å². The van der Waals surface area contributed by atoms with E-state index < -0.39 is 0 Å². The number of phenols is 1. The zero-order valence-electron chi connectivity index (χ0n) is 13.7. The monoisotopic (exact) mass is 358 g/mol. The molecule has 0 radical (unpaired) electrons. The number of aryl methyl sites for hydroxylation is 1. The Balaban J connectivity index is 1.67. The molecule has 0 bridgehead atoms. The zero-order valence-corrected chi connectivity index (χ0v) is 14.5. The van der Waals surface area contributed by atoms with Crippen LogP contribution in [0.3, 0.4) is 0 Å². The highest BCUT2D eigenvalue weighted by atomic mass is 32.1. The molecule has 0 saturated carbocycles. The maximum atomic E-state index is 12.3. The van der Waals surface area contributed by atoms with Crippen LogP contribution >= 0.6 is 12.2 Å². The average molecular weight is 358 g/mol. The van der Waals surface area contributed by atoms with Gasteiger partial charge in [0.15, 0.2) is 16.6 Å². The van der Waals surface area contributed by atoms with E-state index in [1.165, 1.54) is 0 Å². The maximum absolute atomic E-state index is 12.3. The number of benzene rings is 2. The second-order valence-corrected chi connectivity index (χ2v) is 5.88. The number of amides is 1. The summed E-state index contributed by atoms with van der Waals surface area (Å²) in [6, 6.07) is 10.2. The standard InChI is InChI=1S/C18H18N2O4S/c1-2-11-3-5-14(21)13(9-11)19-18(25)20-17(22)12-4-6-15-16(10-12)24-8-7-23-15/h3-6,9-10,21H,2,7-8H2,1H3,(H2,19,20,22,25). The van der Waals surface area contributed by atoms with Gasteiger partial charge in [0, 0.05) is 5.56 Å². The van der Waals surface area contributed by atoms with Crippen molar-refractivity contribution in [2.24, 2.45) is 0 Å². The summed E-state index contributed by atoms with van der Waals surface area (Å²) in [5.74, 6) is 0.838. The van der Waals surface area contributed by atoms with Crippen molar-refractivity contribution in [2.45, 2.75) is 13.3 Å². The van der Waals surface area contributed by atoms with Crippen molar-refractivity contribution in [3.8, 4) is 17.2 Å². The zero-order chi connectivity index (χ0) is 17.8. The van der Waals surface area contributed by atoms with Gasteiger partial charge < -0.3 is 19.9 Å². The Labute approximate surface area is 150 Å². The molecule has 0 fully saturated rings. The van der Waals surface area contributed by atoms with Crippen LogP contribution in [0.2, 0.25) is 0 Å². The number of ether oxygens (including phenoxy) is 2. The van der Waals surface area contributed by atoms with Gasteiger partial charge in [0.1, 0.15) is 19.0 Å². The predicted molar refractivity (Wildman–Crippen MR) is 98.6 cm³/mol. The summed E-state index contributed by atoms with van der Waals surface area (Å²) in [5.41, 5.74) is 1.90. The summed E-state index contributed by atoms with van der Waals surface area (Å²) < 4.78 is 10.9. The van der Waals surface area contributed by atoms with Gasteiger partial charge in [-0.1, -0.05) is 13.0 Å². The first-order valence-corrected chi connectivity index (χ1v) is 8.31. The van der Waals surface area contributed by atoms with Gasteiger partial charge in [-0.2, -0.15) is 0 Å². The van der Waals surface area contributed by atoms with Crippen LogP contribution in [0.1, 0.15) is 22.8 Å². The van der Waals surface area contributed by atoms with E-state index in [0.717, 1.165) is 12.0 Å². The van der Waals surface area contributed by atoms with Crippen molar-refractivity contribution >= 4 is 28.9 Å². The summed E-state index contributed by atoms with van der Waals surface area (Å²) in [4.78, 5) is 12.3. The molecule has 3 rings (SSSR count). The minimum Gasteiger partial charge on any atom is -0.506 e. The third-order valence-electron chi connectivity index (χ3n) is 3.75. The van der Waals surface area contributed by atoms with E-state index in [0.29, 0.717) is 36.0 Å². The van der Waals surface area contributed by atoms with Crippen LogP contribution in [0.15, 0.2) is 36.4 Å². The fourth-order valence-corrected chi connectivity index (χ4v) is 2.62. The van der Waals surface area contributed by atoms with Gasteiger partial charge >= 0.3 is 0 Å². The summed E-state index contributed by atoms with van der Waals surface area (Å²) in [7, 11) is 0. The first-order chi connectivity index (χ1) is 12.1. The minimum absolute atomic E-state index is 0.0631. The Morgan fingerprint density at radius 2 is 1.92 bits per heavy atom. The van der Waals surface area contributed by atoms with Gasteiger partial charge in [-0.25, -0.2) is 0 Å². The molecule has 3 N–H and O–H groups in total. The molecule has 0 saturated heterocycles. The van der Waals surface area contributed by atoms with Crippen LogP contribution in [-0.4, -0.2) is 29.3 Å². The highest BCUT2D eigenvalue weighted by molar-refractivity contribution is 7.80. The van der Waals surface area contributed by atoms with Crippen molar-refractivity contribution in [2.75, 3.05) is 18.5 Å². The van der Waals surface area contributed by atoms with E-state index in [4.69, 9.17) is 21.7 Å². The largest absolute Gasteiger partial charge is 0.506 e. The normalized spacial score (nSPS) is 12.4. The summed E-state index contributed by atoms with van der Waals surface area (Å²) >= 11 is 5.16. The first kappa shape index (κ1) is 17.0. The third kappa shape index (κ3) is 4.00. The van der Waals surface area contributed by atoms with E-state index in [-0.39, 0.29) is 16.8 Å². The van der Waals surface area contributed by atoms with Crippen molar-refractivity contribution in [1.82, 2.24) is 5.32 Å². The second kappa shape index (κ2) is 7.40. The Morgan fingerprint density at radius 1 is 1.16 bits per heavy atom. The van der Waals surface area contributed by atoms with E-state index >= 15 is 0 Å². The highest BCUT2D eigenvalue weighted by Crippen LogP contribution is 2.30. The quantitative estimate of drug-likeness (QED) is 0.578. The molecule has 1 heterocycles. The number of aromatic hydroxyl groups is 1. The van der Waals surface area contributed by atoms with E-state index in [1.807, 2.05) is 13.0 Å². The molecule has 7 heteroatoms. The highest BCUT2D eigenvalue weighted by Gasteiger charge is 2.16. The number of thiocarbonyl (C=S) groups is 1. The molecule has 130 valence electrons. The third-order valence-corrected chi connectivity index (χ3v) is 3.95. The number of carbonyl (C=O) groups excluding carboxylic acids is 1. The lowest BCUT2D eigenvalue weighted by atomic mass is 10.1. The van der Waals surface area contributed by atoms with Crippen LogP contribution in [0.25, 0.3) is 0 Å². The molecule has 1 aliphatic heterocycles. The predicted octanol–water partition coefficient (Wildman–Crippen LogP) is 2.85. The fraction of sp³-hybridized carbons (Fsp3) is 0.222. The number of nitrogens with one attached hydrogen (secondary N) is 2. The smallest absolute Gasteiger partial charge is 0.257 e. The first-order valence-electron chi connectivity index (χ1n) is 7.90. The molecule has 0 aromatic heterocycles. The lowest BCUT2D eigenvalue weighted by Crippen LogP contribution is -2.34. The second-order valence-electron chi connectivity index (χ2n) is 5.47. The van der Waals surface area contributed by atoms with Crippen LogP contribution in [0.5, 0.6) is 17.2 Å². The summed E-state index contributed by atoms with van der Waals surface area (Å²) in [6.45, 7) is 2.95. The lowest BCUT2D eigenvalue weighted by molar-refractivity contribution is 0.0976. The lowest BCUT2D eigenvalue weighted by Gasteiger charge is -2.18. The van der Waals surface area contributed by atoms with E-state index in [1.54, 1.807) is 30.3 Å². The van der Waals surface area contributed by atoms with Gasteiger partial charge in [0.05, 0.1) is 5.69 Å². The Morgan fingerprint density at radius 3 is 2.68 bits per heavy atom. The number of rotatable bonds is 3. The van der Waals surface area contributed by atoms with Crippen LogP contribution < -0.4 is 20.1 Å². The van der Waals surface area contributed by atoms with Gasteiger partial charge in [-0.15, -0.1) is 0 Å². The Bertz CT molecular complexity index is 823. The molecular formula is C18H18N2O4S. The Kier molecular flexibility index (Phi) is 5.04. The van der Waals surface area contributed by atoms with E-state index in [2.05, 4.69) is 10.6 Å². The molecule has 0 spiro atoms. The SMILES string of the molecule is CCc1ccc(O)c(NC(=S)NC(=O)c2ccc3c(c2)OCCO3)c1. The van der Waals surface area contributed by atoms with Gasteiger partial charge in [-0.3, -0.25) is 10.1 Å². The molecule has 25 heavy (non-hydrogen) atoms.